The Hall–Kier alpha value is -2.87. The fourth-order valence-electron chi connectivity index (χ4n) is 3.55. The molecule has 2 N–H and O–H groups in total. The van der Waals surface area contributed by atoms with Crippen molar-refractivity contribution in [2.45, 2.75) is 13.0 Å². The molecule has 4 rings (SSSR count). The Morgan fingerprint density at radius 1 is 1.23 bits per heavy atom. The van der Waals surface area contributed by atoms with E-state index in [0.717, 1.165) is 18.8 Å². The van der Waals surface area contributed by atoms with E-state index in [4.69, 9.17) is 0 Å². The second kappa shape index (κ2) is 6.45. The topological polar surface area (TPSA) is 86.5 Å². The van der Waals surface area contributed by atoms with E-state index >= 15 is 0 Å². The second-order valence-electron chi connectivity index (χ2n) is 6.75. The van der Waals surface area contributed by atoms with Crippen molar-refractivity contribution in [3.63, 3.8) is 0 Å². The third kappa shape index (κ3) is 2.72. The number of allylic oxidation sites excluding steroid dienone is 1. The molecule has 1 atom stereocenters. The number of carbonyl (C=O) groups is 1. The van der Waals surface area contributed by atoms with E-state index < -0.39 is 6.04 Å². The molecule has 3 heterocycles. The molecule has 1 fully saturated rings. The maximum absolute atomic E-state index is 13.4. The quantitative estimate of drug-likeness (QED) is 0.838. The zero-order valence-electron chi connectivity index (χ0n) is 14.9. The van der Waals surface area contributed by atoms with E-state index in [-0.39, 0.29) is 11.7 Å². The third-order valence-electron chi connectivity index (χ3n) is 5.05. The molecule has 8 nitrogen and oxygen atoms in total. The summed E-state index contributed by atoms with van der Waals surface area (Å²) in [5.41, 5.74) is 1.97. The minimum Gasteiger partial charge on any atom is -0.508 e. The number of aromatic hydroxyl groups is 1. The summed E-state index contributed by atoms with van der Waals surface area (Å²) < 4.78 is 1.66. The van der Waals surface area contributed by atoms with Crippen LogP contribution < -0.4 is 5.32 Å². The lowest BCUT2D eigenvalue weighted by Gasteiger charge is -2.36. The number of rotatable bonds is 2. The van der Waals surface area contributed by atoms with Crippen molar-refractivity contribution in [1.29, 1.82) is 0 Å². The van der Waals surface area contributed by atoms with Crippen LogP contribution in [0, 0.1) is 0 Å². The minimum atomic E-state index is -0.512. The fraction of sp³-hybridized carbons (Fsp3) is 0.389. The zero-order valence-corrected chi connectivity index (χ0v) is 14.9. The predicted molar refractivity (Wildman–Crippen MR) is 96.7 cm³/mol. The Labute approximate surface area is 151 Å². The van der Waals surface area contributed by atoms with Crippen LogP contribution in [0.25, 0.3) is 0 Å². The Balaban J connectivity index is 1.78. The number of amides is 1. The number of carbonyl (C=O) groups excluding carboxylic acids is 1. The number of benzene rings is 1. The number of hydrogen-bond donors (Lipinski definition) is 2. The highest BCUT2D eigenvalue weighted by molar-refractivity contribution is 5.97. The van der Waals surface area contributed by atoms with Crippen LogP contribution in [0.2, 0.25) is 0 Å². The number of likely N-dealkylation sites (N-methyl/N-ethyl adjacent to an activating group) is 1. The third-order valence-corrected chi connectivity index (χ3v) is 5.05. The first-order valence-electron chi connectivity index (χ1n) is 8.69. The number of phenolic OH excluding ortho intramolecular Hbond substituents is 1. The first kappa shape index (κ1) is 16.6. The molecule has 1 aromatic carbocycles. The molecule has 1 saturated heterocycles. The Kier molecular flexibility index (Phi) is 4.12. The summed E-state index contributed by atoms with van der Waals surface area (Å²) in [7, 11) is 2.06. The van der Waals surface area contributed by atoms with Crippen LogP contribution >= 0.6 is 0 Å². The standard InChI is InChI=1S/C18H22N6O2/c1-12-15(17(26)23-9-7-22(2)8-10-23)16(13-5-3-4-6-14(13)25)24-18(21-12)19-11-20-24/h3-6,11,16,25H,7-10H2,1-2H3,(H,19,20,21)/t16-/m0/s1. The summed E-state index contributed by atoms with van der Waals surface area (Å²) in [4.78, 5) is 21.7. The average molecular weight is 354 g/mol. The number of fused-ring (bicyclic) bond motifs is 1. The van der Waals surface area contributed by atoms with Crippen LogP contribution in [-0.4, -0.2) is 68.8 Å². The van der Waals surface area contributed by atoms with Crippen molar-refractivity contribution >= 4 is 11.9 Å². The summed E-state index contributed by atoms with van der Waals surface area (Å²) >= 11 is 0. The van der Waals surface area contributed by atoms with E-state index in [1.54, 1.807) is 16.8 Å². The van der Waals surface area contributed by atoms with Gasteiger partial charge in [-0.05, 0) is 20.0 Å². The van der Waals surface area contributed by atoms with Gasteiger partial charge in [0.2, 0.25) is 5.95 Å². The molecule has 26 heavy (non-hydrogen) atoms. The number of nitrogens with zero attached hydrogens (tertiary/aromatic N) is 5. The Bertz CT molecular complexity index is 866. The number of para-hydroxylation sites is 1. The number of piperazine rings is 1. The molecule has 0 aliphatic carbocycles. The van der Waals surface area contributed by atoms with Crippen LogP contribution in [-0.2, 0) is 4.79 Å². The Morgan fingerprint density at radius 2 is 1.96 bits per heavy atom. The van der Waals surface area contributed by atoms with Crippen molar-refractivity contribution in [3.05, 3.63) is 47.4 Å². The summed E-state index contributed by atoms with van der Waals surface area (Å²) in [6, 6.07) is 6.55. The Morgan fingerprint density at radius 3 is 2.69 bits per heavy atom. The average Bonchev–Trinajstić information content (AvgIpc) is 3.09. The van der Waals surface area contributed by atoms with Gasteiger partial charge in [0, 0.05) is 37.4 Å². The molecule has 136 valence electrons. The van der Waals surface area contributed by atoms with Crippen molar-refractivity contribution in [2.75, 3.05) is 38.5 Å². The highest BCUT2D eigenvalue weighted by Crippen LogP contribution is 2.38. The van der Waals surface area contributed by atoms with Gasteiger partial charge in [0.05, 0.1) is 5.57 Å². The largest absolute Gasteiger partial charge is 0.508 e. The monoisotopic (exact) mass is 354 g/mol. The van der Waals surface area contributed by atoms with Crippen LogP contribution in [0.5, 0.6) is 5.75 Å². The molecular weight excluding hydrogens is 332 g/mol. The number of aromatic nitrogens is 3. The van der Waals surface area contributed by atoms with Gasteiger partial charge in [-0.1, -0.05) is 18.2 Å². The van der Waals surface area contributed by atoms with Gasteiger partial charge < -0.3 is 20.2 Å². The predicted octanol–water partition coefficient (Wildman–Crippen LogP) is 1.05. The second-order valence-corrected chi connectivity index (χ2v) is 6.75. The van der Waals surface area contributed by atoms with E-state index in [1.165, 1.54) is 6.33 Å². The SMILES string of the molecule is CC1=C(C(=O)N2CCN(C)CC2)[C@H](c2ccccc2O)n2ncnc2N1. The number of phenols is 1. The van der Waals surface area contributed by atoms with Crippen LogP contribution in [0.3, 0.4) is 0 Å². The van der Waals surface area contributed by atoms with Crippen LogP contribution in [0.15, 0.2) is 41.9 Å². The lowest BCUT2D eigenvalue weighted by molar-refractivity contribution is -0.129. The molecule has 0 bridgehead atoms. The molecule has 8 heteroatoms. The highest BCUT2D eigenvalue weighted by atomic mass is 16.3. The summed E-state index contributed by atoms with van der Waals surface area (Å²) in [5.74, 6) is 0.667. The van der Waals surface area contributed by atoms with Gasteiger partial charge in [-0.25, -0.2) is 4.68 Å². The van der Waals surface area contributed by atoms with Gasteiger partial charge in [-0.3, -0.25) is 4.79 Å². The molecular formula is C18H22N6O2. The molecule has 0 spiro atoms. The van der Waals surface area contributed by atoms with Crippen molar-refractivity contribution in [3.8, 4) is 5.75 Å². The zero-order chi connectivity index (χ0) is 18.3. The minimum absolute atomic E-state index is 0.0301. The van der Waals surface area contributed by atoms with Gasteiger partial charge in [0.15, 0.2) is 0 Å². The smallest absolute Gasteiger partial charge is 0.254 e. The summed E-state index contributed by atoms with van der Waals surface area (Å²) in [5, 5.41) is 17.9. The normalized spacial score (nSPS) is 20.7. The van der Waals surface area contributed by atoms with Crippen LogP contribution in [0.1, 0.15) is 18.5 Å². The molecule has 2 aliphatic rings. The van der Waals surface area contributed by atoms with Crippen molar-refractivity contribution in [2.24, 2.45) is 0 Å². The molecule has 1 amide bonds. The van der Waals surface area contributed by atoms with E-state index in [9.17, 15) is 9.90 Å². The molecule has 2 aliphatic heterocycles. The molecule has 0 saturated carbocycles. The van der Waals surface area contributed by atoms with Gasteiger partial charge in [0.25, 0.3) is 5.91 Å². The molecule has 0 unspecified atom stereocenters. The van der Waals surface area contributed by atoms with E-state index in [2.05, 4.69) is 27.3 Å². The number of nitrogens with one attached hydrogen (secondary N) is 1. The van der Waals surface area contributed by atoms with E-state index in [0.29, 0.717) is 30.2 Å². The molecule has 1 aromatic heterocycles. The summed E-state index contributed by atoms with van der Waals surface area (Å²) in [6.07, 6.45) is 1.45. The highest BCUT2D eigenvalue weighted by Gasteiger charge is 2.37. The lowest BCUT2D eigenvalue weighted by Crippen LogP contribution is -2.49. The van der Waals surface area contributed by atoms with E-state index in [1.807, 2.05) is 24.0 Å². The van der Waals surface area contributed by atoms with Gasteiger partial charge >= 0.3 is 0 Å². The van der Waals surface area contributed by atoms with Gasteiger partial charge in [0.1, 0.15) is 18.1 Å². The van der Waals surface area contributed by atoms with Crippen LogP contribution in [0.4, 0.5) is 5.95 Å². The maximum atomic E-state index is 13.4. The molecule has 2 aromatic rings. The fourth-order valence-corrected chi connectivity index (χ4v) is 3.55. The molecule has 0 radical (unpaired) electrons. The first-order valence-corrected chi connectivity index (χ1v) is 8.69. The van der Waals surface area contributed by atoms with Gasteiger partial charge in [-0.15, -0.1) is 0 Å². The summed E-state index contributed by atoms with van der Waals surface area (Å²) in [6.45, 7) is 4.94. The first-order chi connectivity index (χ1) is 12.6. The van der Waals surface area contributed by atoms with Gasteiger partial charge in [-0.2, -0.15) is 10.1 Å². The van der Waals surface area contributed by atoms with Crippen molar-refractivity contribution < 1.29 is 9.90 Å². The lowest BCUT2D eigenvalue weighted by atomic mass is 9.93. The maximum Gasteiger partial charge on any atom is 0.254 e. The number of anilines is 1. The van der Waals surface area contributed by atoms with Crippen molar-refractivity contribution in [1.82, 2.24) is 24.6 Å². The number of hydrogen-bond acceptors (Lipinski definition) is 6.